The Hall–Kier alpha value is -1.32. The second-order valence-corrected chi connectivity index (χ2v) is 5.78. The first-order valence-corrected chi connectivity index (χ1v) is 6.94. The number of hydrogen-bond acceptors (Lipinski definition) is 2. The van der Waals surface area contributed by atoms with E-state index >= 15 is 0 Å². The number of hydrogen-bond donors (Lipinski definition) is 0. The van der Waals surface area contributed by atoms with Gasteiger partial charge in [-0.05, 0) is 50.5 Å². The lowest BCUT2D eigenvalue weighted by Gasteiger charge is -2.30. The van der Waals surface area contributed by atoms with Crippen LogP contribution >= 0.6 is 0 Å². The summed E-state index contributed by atoms with van der Waals surface area (Å²) in [6, 6.07) is 2.16. The highest BCUT2D eigenvalue weighted by atomic mass is 16.2. The third-order valence-electron chi connectivity index (χ3n) is 4.28. The molecule has 1 aromatic rings. The van der Waals surface area contributed by atoms with Gasteiger partial charge in [0.1, 0.15) is 6.04 Å². The highest BCUT2D eigenvalue weighted by Crippen LogP contribution is 2.47. The molecular weight excluding hydrogens is 226 g/mol. The van der Waals surface area contributed by atoms with E-state index in [1.54, 1.807) is 10.9 Å². The number of likely N-dealkylation sites (N-methyl/N-ethyl adjacent to an activating group) is 1. The molecule has 2 aliphatic carbocycles. The Morgan fingerprint density at radius 3 is 2.39 bits per heavy atom. The molecule has 4 heteroatoms. The number of aromatic nitrogens is 2. The third kappa shape index (κ3) is 2.16. The van der Waals surface area contributed by atoms with Gasteiger partial charge in [0.25, 0.3) is 0 Å². The van der Waals surface area contributed by atoms with Crippen molar-refractivity contribution in [2.24, 2.45) is 11.8 Å². The molecule has 1 heterocycles. The van der Waals surface area contributed by atoms with Crippen LogP contribution in [0.15, 0.2) is 18.5 Å². The van der Waals surface area contributed by atoms with Gasteiger partial charge in [-0.1, -0.05) is 0 Å². The predicted octanol–water partition coefficient (Wildman–Crippen LogP) is 2.09. The molecule has 1 aromatic heterocycles. The van der Waals surface area contributed by atoms with Crippen LogP contribution in [0.5, 0.6) is 0 Å². The molecule has 98 valence electrons. The Morgan fingerprint density at radius 2 is 1.94 bits per heavy atom. The molecule has 0 spiro atoms. The van der Waals surface area contributed by atoms with E-state index in [-0.39, 0.29) is 11.9 Å². The van der Waals surface area contributed by atoms with Gasteiger partial charge in [0, 0.05) is 25.5 Å². The maximum Gasteiger partial charge on any atom is 0.247 e. The number of carbonyl (C=O) groups is 1. The van der Waals surface area contributed by atoms with Gasteiger partial charge in [-0.2, -0.15) is 5.10 Å². The Kier molecular flexibility index (Phi) is 2.88. The standard InChI is InChI=1S/C14H21N3O/c1-10(17-9-3-8-15-17)14(18)16(2)13(11-4-5-11)12-6-7-12/h3,8-13H,4-7H2,1-2H3/t10-/m1/s1. The smallest absolute Gasteiger partial charge is 0.247 e. The molecule has 18 heavy (non-hydrogen) atoms. The zero-order valence-corrected chi connectivity index (χ0v) is 11.1. The van der Waals surface area contributed by atoms with E-state index in [0.29, 0.717) is 6.04 Å². The molecule has 0 saturated heterocycles. The molecule has 2 fully saturated rings. The van der Waals surface area contributed by atoms with Crippen molar-refractivity contribution in [3.8, 4) is 0 Å². The van der Waals surface area contributed by atoms with Gasteiger partial charge >= 0.3 is 0 Å². The third-order valence-corrected chi connectivity index (χ3v) is 4.28. The molecule has 0 aliphatic heterocycles. The fourth-order valence-corrected chi connectivity index (χ4v) is 2.96. The van der Waals surface area contributed by atoms with Gasteiger partial charge in [-0.25, -0.2) is 0 Å². The quantitative estimate of drug-likeness (QED) is 0.799. The highest BCUT2D eigenvalue weighted by molar-refractivity contribution is 5.80. The zero-order chi connectivity index (χ0) is 12.7. The summed E-state index contributed by atoms with van der Waals surface area (Å²) in [7, 11) is 1.98. The average Bonchev–Trinajstić information content (AvgIpc) is 3.30. The van der Waals surface area contributed by atoms with E-state index in [0.717, 1.165) is 11.8 Å². The second-order valence-electron chi connectivity index (χ2n) is 5.78. The molecule has 2 aliphatic rings. The molecule has 2 saturated carbocycles. The summed E-state index contributed by atoms with van der Waals surface area (Å²) in [4.78, 5) is 14.5. The Bertz CT molecular complexity index is 408. The molecule has 0 aromatic carbocycles. The summed E-state index contributed by atoms with van der Waals surface area (Å²) in [6.07, 6.45) is 8.79. The van der Waals surface area contributed by atoms with Crippen LogP contribution in [0.2, 0.25) is 0 Å². The summed E-state index contributed by atoms with van der Waals surface area (Å²) in [5.41, 5.74) is 0. The summed E-state index contributed by atoms with van der Waals surface area (Å²) in [6.45, 7) is 1.93. The number of nitrogens with zero attached hydrogens (tertiary/aromatic N) is 3. The number of carbonyl (C=O) groups excluding carboxylic acids is 1. The lowest BCUT2D eigenvalue weighted by atomic mass is 10.1. The number of amides is 1. The van der Waals surface area contributed by atoms with E-state index < -0.39 is 0 Å². The van der Waals surface area contributed by atoms with Crippen LogP contribution in [-0.2, 0) is 4.79 Å². The fraction of sp³-hybridized carbons (Fsp3) is 0.714. The first-order chi connectivity index (χ1) is 8.68. The molecule has 0 unspecified atom stereocenters. The number of rotatable bonds is 5. The van der Waals surface area contributed by atoms with Gasteiger partial charge < -0.3 is 4.90 Å². The van der Waals surface area contributed by atoms with Crippen molar-refractivity contribution in [3.63, 3.8) is 0 Å². The maximum absolute atomic E-state index is 12.5. The SMILES string of the molecule is C[C@H](C(=O)N(C)C(C1CC1)C1CC1)n1cccn1. The monoisotopic (exact) mass is 247 g/mol. The van der Waals surface area contributed by atoms with E-state index in [2.05, 4.69) is 5.10 Å². The summed E-state index contributed by atoms with van der Waals surface area (Å²) in [5.74, 6) is 1.72. The summed E-state index contributed by atoms with van der Waals surface area (Å²) < 4.78 is 1.75. The minimum absolute atomic E-state index is 0.190. The van der Waals surface area contributed by atoms with Crippen LogP contribution < -0.4 is 0 Å². The Labute approximate surface area is 108 Å². The van der Waals surface area contributed by atoms with Crippen molar-refractivity contribution >= 4 is 5.91 Å². The van der Waals surface area contributed by atoms with Gasteiger partial charge in [0.2, 0.25) is 5.91 Å². The minimum Gasteiger partial charge on any atom is -0.340 e. The lowest BCUT2D eigenvalue weighted by Crippen LogP contribution is -2.43. The maximum atomic E-state index is 12.5. The van der Waals surface area contributed by atoms with Gasteiger partial charge in [0.15, 0.2) is 0 Å². The molecule has 1 atom stereocenters. The first-order valence-electron chi connectivity index (χ1n) is 6.94. The van der Waals surface area contributed by atoms with Crippen LogP contribution in [0.1, 0.15) is 38.6 Å². The second kappa shape index (κ2) is 4.41. The molecule has 3 rings (SSSR count). The highest BCUT2D eigenvalue weighted by Gasteiger charge is 2.45. The van der Waals surface area contributed by atoms with Crippen molar-refractivity contribution in [2.45, 2.75) is 44.7 Å². The van der Waals surface area contributed by atoms with Gasteiger partial charge in [-0.3, -0.25) is 9.48 Å². The molecule has 0 bridgehead atoms. The van der Waals surface area contributed by atoms with E-state index in [9.17, 15) is 4.79 Å². The molecule has 0 N–H and O–H groups in total. The van der Waals surface area contributed by atoms with Crippen LogP contribution in [0.3, 0.4) is 0 Å². The zero-order valence-electron chi connectivity index (χ0n) is 11.1. The first kappa shape index (κ1) is 11.8. The van der Waals surface area contributed by atoms with Crippen molar-refractivity contribution in [1.82, 2.24) is 14.7 Å². The van der Waals surface area contributed by atoms with Crippen LogP contribution in [0.25, 0.3) is 0 Å². The molecule has 0 radical (unpaired) electrons. The van der Waals surface area contributed by atoms with Crippen molar-refractivity contribution in [3.05, 3.63) is 18.5 Å². The molecular formula is C14H21N3O. The molecule has 4 nitrogen and oxygen atoms in total. The average molecular weight is 247 g/mol. The normalized spacial score (nSPS) is 21.1. The van der Waals surface area contributed by atoms with E-state index in [4.69, 9.17) is 0 Å². The predicted molar refractivity (Wildman–Crippen MR) is 68.9 cm³/mol. The van der Waals surface area contributed by atoms with Crippen LogP contribution in [-0.4, -0.2) is 33.7 Å². The summed E-state index contributed by atoms with van der Waals surface area (Å²) in [5, 5.41) is 4.17. The van der Waals surface area contributed by atoms with Crippen LogP contribution in [0, 0.1) is 11.8 Å². The van der Waals surface area contributed by atoms with E-state index in [1.165, 1.54) is 25.7 Å². The van der Waals surface area contributed by atoms with E-state index in [1.807, 2.05) is 31.1 Å². The molecule has 1 amide bonds. The Morgan fingerprint density at radius 1 is 1.33 bits per heavy atom. The van der Waals surface area contributed by atoms with Crippen LogP contribution in [0.4, 0.5) is 0 Å². The largest absolute Gasteiger partial charge is 0.340 e. The summed E-state index contributed by atoms with van der Waals surface area (Å²) >= 11 is 0. The Balaban J connectivity index is 1.70. The fourth-order valence-electron chi connectivity index (χ4n) is 2.96. The van der Waals surface area contributed by atoms with Crippen molar-refractivity contribution in [1.29, 1.82) is 0 Å². The van der Waals surface area contributed by atoms with Crippen molar-refractivity contribution < 1.29 is 4.79 Å². The van der Waals surface area contributed by atoms with Gasteiger partial charge in [-0.15, -0.1) is 0 Å². The van der Waals surface area contributed by atoms with Gasteiger partial charge in [0.05, 0.1) is 0 Å². The topological polar surface area (TPSA) is 38.1 Å². The van der Waals surface area contributed by atoms with Crippen molar-refractivity contribution in [2.75, 3.05) is 7.05 Å². The lowest BCUT2D eigenvalue weighted by molar-refractivity contribution is -0.136. The minimum atomic E-state index is -0.190.